The summed E-state index contributed by atoms with van der Waals surface area (Å²) in [6.45, 7) is 11.7. The van der Waals surface area contributed by atoms with Crippen molar-refractivity contribution in [1.29, 1.82) is 0 Å². The van der Waals surface area contributed by atoms with Crippen molar-refractivity contribution < 1.29 is 47.5 Å². The second-order valence-electron chi connectivity index (χ2n) is 13.9. The summed E-state index contributed by atoms with van der Waals surface area (Å²) in [6, 6.07) is 16.7. The minimum absolute atomic E-state index is 0.0279. The van der Waals surface area contributed by atoms with Gasteiger partial charge in [-0.1, -0.05) is 83.1 Å². The van der Waals surface area contributed by atoms with Gasteiger partial charge in [-0.2, -0.15) is 0 Å². The highest BCUT2D eigenvalue weighted by Crippen LogP contribution is 2.41. The van der Waals surface area contributed by atoms with Gasteiger partial charge in [-0.15, -0.1) is 0 Å². The van der Waals surface area contributed by atoms with E-state index in [4.69, 9.17) is 33.2 Å². The van der Waals surface area contributed by atoms with Crippen molar-refractivity contribution in [3.8, 4) is 5.75 Å². The number of ether oxygens (including phenoxy) is 7. The first-order valence-electron chi connectivity index (χ1n) is 18.1. The molecule has 3 heterocycles. The first-order chi connectivity index (χ1) is 24.5. The minimum Gasteiger partial charge on any atom is -0.497 e. The molecule has 0 bridgehead atoms. The molecule has 0 radical (unpaired) electrons. The summed E-state index contributed by atoms with van der Waals surface area (Å²) in [5.74, 6) is -0.969. The molecule has 2 aromatic carbocycles. The number of carbonyl (C=O) groups excluding carboxylic acids is 3. The average Bonchev–Trinajstić information content (AvgIpc) is 3.12. The molecule has 3 aliphatic rings. The first-order valence-corrected chi connectivity index (χ1v) is 18.9. The summed E-state index contributed by atoms with van der Waals surface area (Å²) in [4.78, 5) is 40.4. The van der Waals surface area contributed by atoms with Gasteiger partial charge in [0.05, 0.1) is 19.8 Å². The number of methoxy groups -OCH3 is 1. The van der Waals surface area contributed by atoms with Crippen LogP contribution in [0, 0.1) is 17.8 Å². The number of rotatable bonds is 14. The zero-order valence-electron chi connectivity index (χ0n) is 30.7. The van der Waals surface area contributed by atoms with Crippen molar-refractivity contribution in [2.45, 2.75) is 120 Å². The Morgan fingerprint density at radius 1 is 0.961 bits per heavy atom. The topological polar surface area (TPSA) is 128 Å². The van der Waals surface area contributed by atoms with Gasteiger partial charge in [0.25, 0.3) is 0 Å². The number of carbonyl (C=O) groups is 3. The van der Waals surface area contributed by atoms with Crippen LogP contribution in [0.25, 0.3) is 0 Å². The predicted octanol–water partition coefficient (Wildman–Crippen LogP) is 5.88. The van der Waals surface area contributed by atoms with Crippen LogP contribution in [0.15, 0.2) is 59.5 Å². The summed E-state index contributed by atoms with van der Waals surface area (Å²) in [5, 5.41) is 3.28. The summed E-state index contributed by atoms with van der Waals surface area (Å²) < 4.78 is 43.6. The molecular formula is C39H53NO10S. The molecular weight excluding hydrogens is 674 g/mol. The van der Waals surface area contributed by atoms with E-state index in [-0.39, 0.29) is 42.5 Å². The molecule has 5 rings (SSSR count). The second-order valence-corrected chi connectivity index (χ2v) is 15.1. The average molecular weight is 728 g/mol. The number of hydrogen-bond donors (Lipinski definition) is 1. The summed E-state index contributed by atoms with van der Waals surface area (Å²) in [5.41, 5.74) is 0.292. The molecule has 1 amide bonds. The Balaban J connectivity index is 1.46. The Hall–Kier alpha value is -3.00. The number of esters is 1. The lowest BCUT2D eigenvalue weighted by Crippen LogP contribution is -2.67. The van der Waals surface area contributed by atoms with E-state index in [1.54, 1.807) is 7.11 Å². The van der Waals surface area contributed by atoms with Crippen molar-refractivity contribution in [1.82, 2.24) is 5.32 Å². The van der Waals surface area contributed by atoms with E-state index in [1.165, 1.54) is 18.7 Å². The Morgan fingerprint density at radius 3 is 2.33 bits per heavy atom. The van der Waals surface area contributed by atoms with E-state index >= 15 is 0 Å². The highest BCUT2D eigenvalue weighted by atomic mass is 32.2. The molecule has 2 aromatic rings. The molecule has 0 aliphatic carbocycles. The molecule has 280 valence electrons. The van der Waals surface area contributed by atoms with E-state index in [1.807, 2.05) is 82.3 Å². The summed E-state index contributed by atoms with van der Waals surface area (Å²) in [7, 11) is 1.62. The highest BCUT2D eigenvalue weighted by molar-refractivity contribution is 7.99. The number of benzene rings is 2. The number of hydrogen-bond acceptors (Lipinski definition) is 11. The van der Waals surface area contributed by atoms with Gasteiger partial charge in [-0.05, 0) is 36.6 Å². The summed E-state index contributed by atoms with van der Waals surface area (Å²) in [6.07, 6.45) is -2.81. The third kappa shape index (κ3) is 9.71. The van der Waals surface area contributed by atoms with Gasteiger partial charge in [0.2, 0.25) is 5.91 Å². The lowest BCUT2D eigenvalue weighted by Gasteiger charge is -2.50. The zero-order valence-corrected chi connectivity index (χ0v) is 31.5. The molecule has 11 nitrogen and oxygen atoms in total. The largest absolute Gasteiger partial charge is 0.497 e. The fraction of sp³-hybridized carbons (Fsp3) is 0.615. The maximum absolute atomic E-state index is 14.5. The fourth-order valence-corrected chi connectivity index (χ4v) is 7.91. The van der Waals surface area contributed by atoms with Gasteiger partial charge >= 0.3 is 5.97 Å². The van der Waals surface area contributed by atoms with Crippen LogP contribution in [0.3, 0.4) is 0 Å². The molecule has 3 saturated heterocycles. The third-order valence-electron chi connectivity index (χ3n) is 9.96. The normalized spacial score (nSPS) is 32.1. The van der Waals surface area contributed by atoms with Crippen molar-refractivity contribution >= 4 is 29.4 Å². The van der Waals surface area contributed by atoms with Crippen LogP contribution in [0.5, 0.6) is 5.75 Å². The third-order valence-corrected chi connectivity index (χ3v) is 11.1. The zero-order chi connectivity index (χ0) is 36.7. The lowest BCUT2D eigenvalue weighted by atomic mass is 9.79. The summed E-state index contributed by atoms with van der Waals surface area (Å²) >= 11 is 1.47. The number of amides is 1. The van der Waals surface area contributed by atoms with Crippen LogP contribution < -0.4 is 10.1 Å². The van der Waals surface area contributed by atoms with E-state index in [2.05, 4.69) is 12.2 Å². The molecule has 0 saturated carbocycles. The molecule has 3 aliphatic heterocycles. The van der Waals surface area contributed by atoms with E-state index in [0.29, 0.717) is 6.61 Å². The first kappa shape index (κ1) is 39.2. The van der Waals surface area contributed by atoms with E-state index in [9.17, 15) is 14.4 Å². The van der Waals surface area contributed by atoms with Crippen LogP contribution >= 0.6 is 11.8 Å². The van der Waals surface area contributed by atoms with E-state index < -0.39 is 60.4 Å². The lowest BCUT2D eigenvalue weighted by molar-refractivity contribution is -0.311. The molecule has 0 aromatic heterocycles. The van der Waals surface area contributed by atoms with Gasteiger partial charge in [0.1, 0.15) is 53.6 Å². The second kappa shape index (κ2) is 18.2. The van der Waals surface area contributed by atoms with Crippen LogP contribution in [-0.4, -0.2) is 86.1 Å². The number of Topliss-reactive ketones (excluding diaryl/α,β-unsaturated/α-hetero) is 1. The molecule has 5 unspecified atom stereocenters. The SMILES string of the molecule is CCCCO[C@@H]1C(NC(=O)C2O[C@@H](CC(=O)C(C)C)C(OC(C)=O)[C@@H](C)[C@H]2C)[C@H](Sc2ccc(OC)cc2)OC2COC(c3ccccc3)O[C@@H]21. The smallest absolute Gasteiger partial charge is 0.303 e. The van der Waals surface area contributed by atoms with Crippen LogP contribution in [0.4, 0.5) is 0 Å². The van der Waals surface area contributed by atoms with E-state index in [0.717, 1.165) is 29.1 Å². The maximum atomic E-state index is 14.5. The van der Waals surface area contributed by atoms with Gasteiger partial charge in [0, 0.05) is 42.2 Å². The maximum Gasteiger partial charge on any atom is 0.303 e. The standard InChI is InChI=1S/C39H53NO10S/c1-8-9-19-45-36-32(40-37(43)34-24(5)23(4)33(47-25(6)41)30(48-34)20-29(42)22(2)3)39(51-28-17-15-27(44-7)16-18-28)49-31-21-46-38(50-35(31)36)26-13-11-10-12-14-26/h10-18,22-24,30-36,38-39H,8-9,19-21H2,1-7H3,(H,40,43)/t23-,24+,30-,31?,32?,33?,34?,35-,36+,38?,39-/m0/s1. The minimum atomic E-state index is -0.926. The molecule has 11 atom stereocenters. The fourth-order valence-electron chi connectivity index (χ4n) is 6.78. The van der Waals surface area contributed by atoms with Crippen molar-refractivity contribution in [3.63, 3.8) is 0 Å². The predicted molar refractivity (Wildman–Crippen MR) is 191 cm³/mol. The number of nitrogens with one attached hydrogen (secondary N) is 1. The van der Waals surface area contributed by atoms with Gasteiger partial charge < -0.3 is 38.5 Å². The van der Waals surface area contributed by atoms with Crippen molar-refractivity contribution in [2.75, 3.05) is 20.3 Å². The molecule has 3 fully saturated rings. The Kier molecular flexibility index (Phi) is 14.0. The van der Waals surface area contributed by atoms with Gasteiger partial charge in [-0.25, -0.2) is 0 Å². The van der Waals surface area contributed by atoms with Crippen molar-refractivity contribution in [2.24, 2.45) is 17.8 Å². The van der Waals surface area contributed by atoms with Gasteiger partial charge in [0.15, 0.2) is 6.29 Å². The quantitative estimate of drug-likeness (QED) is 0.185. The molecule has 1 N–H and O–H groups in total. The number of thioether (sulfide) groups is 1. The Bertz CT molecular complexity index is 1440. The number of ketones is 1. The van der Waals surface area contributed by atoms with Crippen LogP contribution in [-0.2, 0) is 42.8 Å². The van der Waals surface area contributed by atoms with Gasteiger partial charge in [-0.3, -0.25) is 14.4 Å². The van der Waals surface area contributed by atoms with Crippen molar-refractivity contribution in [3.05, 3.63) is 60.2 Å². The molecule has 12 heteroatoms. The number of unbranched alkanes of at least 4 members (excludes halogenated alkanes) is 1. The monoisotopic (exact) mass is 727 g/mol. The molecule has 0 spiro atoms. The highest BCUT2D eigenvalue weighted by Gasteiger charge is 2.53. The number of fused-ring (bicyclic) bond motifs is 1. The Morgan fingerprint density at radius 2 is 1.69 bits per heavy atom. The molecule has 51 heavy (non-hydrogen) atoms. The Labute approximate surface area is 305 Å². The van der Waals surface area contributed by atoms with Crippen LogP contribution in [0.1, 0.15) is 72.7 Å². The van der Waals surface area contributed by atoms with Crippen LogP contribution in [0.2, 0.25) is 0 Å².